The zero-order valence-electron chi connectivity index (χ0n) is 13.5. The Balaban J connectivity index is 1.60. The SMILES string of the molecule is O=C(Cn1c(=O)oc2cc(Cl)ccc21)Nc1cccc2c1CCCC2. The average molecular weight is 357 g/mol. The molecule has 0 spiro atoms. The molecule has 0 radical (unpaired) electrons. The van der Waals surface area contributed by atoms with Crippen molar-refractivity contribution in [3.63, 3.8) is 0 Å². The Morgan fingerprint density at radius 2 is 2.04 bits per heavy atom. The van der Waals surface area contributed by atoms with Crippen LogP contribution in [-0.2, 0) is 24.2 Å². The van der Waals surface area contributed by atoms with Gasteiger partial charge in [0.25, 0.3) is 0 Å². The summed E-state index contributed by atoms with van der Waals surface area (Å²) in [5, 5.41) is 3.43. The highest BCUT2D eigenvalue weighted by molar-refractivity contribution is 6.31. The number of benzene rings is 2. The second-order valence-electron chi connectivity index (χ2n) is 6.26. The number of aryl methyl sites for hydroxylation is 1. The second kappa shape index (κ2) is 6.41. The van der Waals surface area contributed by atoms with Crippen molar-refractivity contribution in [2.75, 3.05) is 5.32 Å². The standard InChI is InChI=1S/C19H17ClN2O3/c20-13-8-9-16-17(10-13)25-19(24)22(16)11-18(23)21-15-7-3-5-12-4-1-2-6-14(12)15/h3,5,7-10H,1-2,4,6,11H2,(H,21,23). The van der Waals surface area contributed by atoms with Gasteiger partial charge >= 0.3 is 5.76 Å². The van der Waals surface area contributed by atoms with E-state index in [9.17, 15) is 9.59 Å². The van der Waals surface area contributed by atoms with E-state index >= 15 is 0 Å². The van der Waals surface area contributed by atoms with Gasteiger partial charge in [-0.3, -0.25) is 9.36 Å². The summed E-state index contributed by atoms with van der Waals surface area (Å²) in [6.45, 7) is -0.100. The number of hydrogen-bond donors (Lipinski definition) is 1. The lowest BCUT2D eigenvalue weighted by atomic mass is 9.90. The molecule has 0 fully saturated rings. The predicted octanol–water partition coefficient (Wildman–Crippen LogP) is 3.77. The molecule has 25 heavy (non-hydrogen) atoms. The molecule has 0 aliphatic heterocycles. The number of carbonyl (C=O) groups excluding carboxylic acids is 1. The Morgan fingerprint density at radius 3 is 2.92 bits per heavy atom. The van der Waals surface area contributed by atoms with Crippen LogP contribution in [0.4, 0.5) is 5.69 Å². The fourth-order valence-electron chi connectivity index (χ4n) is 3.42. The summed E-state index contributed by atoms with van der Waals surface area (Å²) in [6.07, 6.45) is 4.33. The Kier molecular flexibility index (Phi) is 4.09. The number of carbonyl (C=O) groups is 1. The summed E-state index contributed by atoms with van der Waals surface area (Å²) < 4.78 is 6.48. The smallest absolute Gasteiger partial charge is 0.408 e. The molecule has 0 bridgehead atoms. The molecule has 1 N–H and O–H groups in total. The first-order valence-electron chi connectivity index (χ1n) is 8.31. The average Bonchev–Trinajstić information content (AvgIpc) is 2.90. The molecular formula is C19H17ClN2O3. The van der Waals surface area contributed by atoms with Crippen LogP contribution in [0.3, 0.4) is 0 Å². The van der Waals surface area contributed by atoms with Crippen LogP contribution in [0.1, 0.15) is 24.0 Å². The van der Waals surface area contributed by atoms with Crippen molar-refractivity contribution in [2.24, 2.45) is 0 Å². The van der Waals surface area contributed by atoms with Crippen LogP contribution >= 0.6 is 11.6 Å². The zero-order valence-corrected chi connectivity index (χ0v) is 14.3. The summed E-state index contributed by atoms with van der Waals surface area (Å²) in [7, 11) is 0. The lowest BCUT2D eigenvalue weighted by Gasteiger charge is -2.19. The number of halogens is 1. The minimum atomic E-state index is -0.567. The minimum Gasteiger partial charge on any atom is -0.408 e. The Hall–Kier alpha value is -2.53. The topological polar surface area (TPSA) is 64.2 Å². The van der Waals surface area contributed by atoms with Crippen LogP contribution in [0.25, 0.3) is 11.1 Å². The summed E-state index contributed by atoms with van der Waals surface area (Å²) in [6, 6.07) is 10.9. The highest BCUT2D eigenvalue weighted by Crippen LogP contribution is 2.28. The molecule has 3 aromatic rings. The number of aromatic nitrogens is 1. The van der Waals surface area contributed by atoms with E-state index in [0.29, 0.717) is 16.1 Å². The molecule has 6 heteroatoms. The van der Waals surface area contributed by atoms with Crippen molar-refractivity contribution in [2.45, 2.75) is 32.2 Å². The highest BCUT2D eigenvalue weighted by atomic mass is 35.5. The molecule has 1 amide bonds. The molecule has 0 saturated heterocycles. The minimum absolute atomic E-state index is 0.100. The molecule has 1 aliphatic rings. The van der Waals surface area contributed by atoms with Gasteiger partial charge in [0, 0.05) is 16.8 Å². The van der Waals surface area contributed by atoms with E-state index in [1.54, 1.807) is 18.2 Å². The molecule has 5 nitrogen and oxygen atoms in total. The summed E-state index contributed by atoms with van der Waals surface area (Å²) in [4.78, 5) is 24.5. The van der Waals surface area contributed by atoms with Gasteiger partial charge in [0.1, 0.15) is 6.54 Å². The van der Waals surface area contributed by atoms with Crippen molar-refractivity contribution in [3.8, 4) is 0 Å². The number of nitrogens with zero attached hydrogens (tertiary/aromatic N) is 1. The maximum Gasteiger partial charge on any atom is 0.420 e. The van der Waals surface area contributed by atoms with Gasteiger partial charge in [0.2, 0.25) is 5.91 Å². The van der Waals surface area contributed by atoms with Crippen LogP contribution in [-0.4, -0.2) is 10.5 Å². The van der Waals surface area contributed by atoms with Gasteiger partial charge in [-0.1, -0.05) is 23.7 Å². The molecule has 128 valence electrons. The van der Waals surface area contributed by atoms with Crippen LogP contribution < -0.4 is 11.1 Å². The van der Waals surface area contributed by atoms with E-state index in [4.69, 9.17) is 16.0 Å². The van der Waals surface area contributed by atoms with Crippen molar-refractivity contribution < 1.29 is 9.21 Å². The maximum absolute atomic E-state index is 12.5. The zero-order chi connectivity index (χ0) is 17.4. The molecule has 1 aromatic heterocycles. The van der Waals surface area contributed by atoms with Crippen molar-refractivity contribution in [1.29, 1.82) is 0 Å². The van der Waals surface area contributed by atoms with Crippen LogP contribution in [0.2, 0.25) is 5.02 Å². The third-order valence-electron chi connectivity index (χ3n) is 4.60. The molecule has 1 heterocycles. The molecule has 2 aromatic carbocycles. The van der Waals surface area contributed by atoms with Gasteiger partial charge in [0.15, 0.2) is 5.58 Å². The largest absolute Gasteiger partial charge is 0.420 e. The van der Waals surface area contributed by atoms with E-state index in [-0.39, 0.29) is 12.5 Å². The van der Waals surface area contributed by atoms with E-state index in [0.717, 1.165) is 24.9 Å². The van der Waals surface area contributed by atoms with Gasteiger partial charge in [-0.15, -0.1) is 0 Å². The van der Waals surface area contributed by atoms with E-state index in [1.165, 1.54) is 22.1 Å². The molecule has 4 rings (SSSR count). The predicted molar refractivity (Wildman–Crippen MR) is 97.2 cm³/mol. The number of oxazole rings is 1. The lowest BCUT2D eigenvalue weighted by molar-refractivity contribution is -0.116. The second-order valence-corrected chi connectivity index (χ2v) is 6.70. The fraction of sp³-hybridized carbons (Fsp3) is 0.263. The van der Waals surface area contributed by atoms with Gasteiger partial charge in [0.05, 0.1) is 5.52 Å². The van der Waals surface area contributed by atoms with Gasteiger partial charge < -0.3 is 9.73 Å². The number of rotatable bonds is 3. The van der Waals surface area contributed by atoms with Crippen molar-refractivity contribution in [3.05, 3.63) is 63.1 Å². The monoisotopic (exact) mass is 356 g/mol. The first-order valence-corrected chi connectivity index (χ1v) is 8.69. The highest BCUT2D eigenvalue weighted by Gasteiger charge is 2.17. The van der Waals surface area contributed by atoms with Crippen LogP contribution in [0, 0.1) is 0 Å². The third kappa shape index (κ3) is 3.07. The van der Waals surface area contributed by atoms with Crippen molar-refractivity contribution in [1.82, 2.24) is 4.57 Å². The lowest BCUT2D eigenvalue weighted by Crippen LogP contribution is -2.25. The first kappa shape index (κ1) is 16.0. The number of hydrogen-bond acceptors (Lipinski definition) is 3. The summed E-state index contributed by atoms with van der Waals surface area (Å²) in [5.41, 5.74) is 4.27. The third-order valence-corrected chi connectivity index (χ3v) is 4.84. The number of fused-ring (bicyclic) bond motifs is 2. The normalized spacial score (nSPS) is 13.6. The summed E-state index contributed by atoms with van der Waals surface area (Å²) in [5.74, 6) is -0.818. The number of anilines is 1. The van der Waals surface area contributed by atoms with Gasteiger partial charge in [-0.2, -0.15) is 0 Å². The molecule has 0 atom stereocenters. The number of amides is 1. The number of nitrogens with one attached hydrogen (secondary N) is 1. The fourth-order valence-corrected chi connectivity index (χ4v) is 3.58. The van der Waals surface area contributed by atoms with Crippen molar-refractivity contribution >= 4 is 34.3 Å². The summed E-state index contributed by atoms with van der Waals surface area (Å²) >= 11 is 5.91. The molecule has 0 saturated carbocycles. The molecule has 1 aliphatic carbocycles. The quantitative estimate of drug-likeness (QED) is 0.777. The van der Waals surface area contributed by atoms with Gasteiger partial charge in [-0.25, -0.2) is 4.79 Å². The van der Waals surface area contributed by atoms with Crippen LogP contribution in [0.15, 0.2) is 45.6 Å². The van der Waals surface area contributed by atoms with E-state index in [2.05, 4.69) is 11.4 Å². The molecular weight excluding hydrogens is 340 g/mol. The molecule has 0 unspecified atom stereocenters. The van der Waals surface area contributed by atoms with Crippen LogP contribution in [0.5, 0.6) is 0 Å². The van der Waals surface area contributed by atoms with E-state index < -0.39 is 5.76 Å². The van der Waals surface area contributed by atoms with Gasteiger partial charge in [-0.05, 0) is 55.0 Å². The maximum atomic E-state index is 12.5. The van der Waals surface area contributed by atoms with E-state index in [1.807, 2.05) is 12.1 Å². The Bertz CT molecular complexity index is 1020. The first-order chi connectivity index (χ1) is 12.1. The Labute approximate surface area is 149 Å². The Morgan fingerprint density at radius 1 is 1.20 bits per heavy atom.